The summed E-state index contributed by atoms with van der Waals surface area (Å²) in [6.07, 6.45) is 0.729. The summed E-state index contributed by atoms with van der Waals surface area (Å²) < 4.78 is 11.3. The van der Waals surface area contributed by atoms with Gasteiger partial charge in [-0.25, -0.2) is 4.79 Å². The number of carbonyl (C=O) groups excluding carboxylic acids is 2. The Kier molecular flexibility index (Phi) is 5.42. The van der Waals surface area contributed by atoms with Gasteiger partial charge in [0.2, 0.25) is 0 Å². The molecule has 0 aromatic heterocycles. The van der Waals surface area contributed by atoms with E-state index in [0.29, 0.717) is 29.5 Å². The number of halogens is 1. The number of carbonyl (C=O) groups is 2. The van der Waals surface area contributed by atoms with E-state index in [4.69, 9.17) is 21.1 Å². The molecular weight excluding hydrogens is 366 g/mol. The van der Waals surface area contributed by atoms with Crippen molar-refractivity contribution >= 4 is 24.0 Å². The fourth-order valence-corrected chi connectivity index (χ4v) is 3.14. The molecule has 2 aromatic rings. The van der Waals surface area contributed by atoms with E-state index >= 15 is 0 Å². The maximum atomic E-state index is 12.4. The third kappa shape index (κ3) is 4.80. The molecule has 142 valence electrons. The Hall–Kier alpha value is -2.53. The highest BCUT2D eigenvalue weighted by molar-refractivity contribution is 6.30. The van der Waals surface area contributed by atoms with Crippen molar-refractivity contribution in [3.05, 3.63) is 58.6 Å². The molecule has 1 amide bonds. The lowest BCUT2D eigenvalue weighted by atomic mass is 9.94. The minimum absolute atomic E-state index is 0.325. The summed E-state index contributed by atoms with van der Waals surface area (Å²) in [6.45, 7) is 5.74. The molecule has 0 aliphatic carbocycles. The third-order valence-corrected chi connectivity index (χ3v) is 4.40. The minimum atomic E-state index is -0.612. The second kappa shape index (κ2) is 7.61. The van der Waals surface area contributed by atoms with Gasteiger partial charge in [0.25, 0.3) is 0 Å². The van der Waals surface area contributed by atoms with Crippen LogP contribution in [0, 0.1) is 0 Å². The smallest absolute Gasteiger partial charge is 0.411 e. The Morgan fingerprint density at radius 3 is 2.56 bits per heavy atom. The molecule has 0 bridgehead atoms. The van der Waals surface area contributed by atoms with Crippen LogP contribution in [0.25, 0.3) is 0 Å². The standard InChI is InChI=1S/C21H22ClNO4/c1-21(2,3)27-20(25)23-12-14-7-8-19(10-15(14)9-17(23)13-24)26-18-6-4-5-16(22)11-18/h4-8,10-11,13,17H,9,12H2,1-3H3. The van der Waals surface area contributed by atoms with Crippen molar-refractivity contribution in [2.24, 2.45) is 0 Å². The van der Waals surface area contributed by atoms with Crippen LogP contribution in [0.3, 0.4) is 0 Å². The van der Waals surface area contributed by atoms with Crippen LogP contribution in [-0.2, 0) is 22.5 Å². The normalized spacial score (nSPS) is 16.4. The van der Waals surface area contributed by atoms with Gasteiger partial charge < -0.3 is 14.3 Å². The molecule has 1 aliphatic rings. The van der Waals surface area contributed by atoms with Crippen molar-refractivity contribution in [1.29, 1.82) is 0 Å². The third-order valence-electron chi connectivity index (χ3n) is 4.16. The SMILES string of the molecule is CC(C)(C)OC(=O)N1Cc2ccc(Oc3cccc(Cl)c3)cc2CC1C=O. The number of amides is 1. The monoisotopic (exact) mass is 387 g/mol. The molecule has 0 radical (unpaired) electrons. The van der Waals surface area contributed by atoms with E-state index in [1.165, 1.54) is 4.90 Å². The van der Waals surface area contributed by atoms with E-state index < -0.39 is 17.7 Å². The Labute approximate surface area is 163 Å². The number of hydrogen-bond acceptors (Lipinski definition) is 4. The first-order valence-electron chi connectivity index (χ1n) is 8.75. The van der Waals surface area contributed by atoms with Gasteiger partial charge in [0.05, 0.1) is 12.6 Å². The summed E-state index contributed by atoms with van der Waals surface area (Å²) in [6, 6.07) is 12.2. The quantitative estimate of drug-likeness (QED) is 0.696. The molecule has 0 saturated heterocycles. The zero-order chi connectivity index (χ0) is 19.6. The maximum absolute atomic E-state index is 12.4. The second-order valence-electron chi connectivity index (χ2n) is 7.51. The van der Waals surface area contributed by atoms with Crippen molar-refractivity contribution in [2.75, 3.05) is 0 Å². The minimum Gasteiger partial charge on any atom is -0.457 e. The first kappa shape index (κ1) is 19.2. The lowest BCUT2D eigenvalue weighted by molar-refractivity contribution is -0.113. The summed E-state index contributed by atoms with van der Waals surface area (Å²) in [7, 11) is 0. The molecular formula is C21H22ClNO4. The van der Waals surface area contributed by atoms with E-state index in [0.717, 1.165) is 17.4 Å². The van der Waals surface area contributed by atoms with E-state index in [1.54, 1.807) is 32.9 Å². The average molecular weight is 388 g/mol. The highest BCUT2D eigenvalue weighted by Gasteiger charge is 2.32. The van der Waals surface area contributed by atoms with Gasteiger partial charge in [-0.2, -0.15) is 0 Å². The molecule has 0 N–H and O–H groups in total. The van der Waals surface area contributed by atoms with E-state index in [-0.39, 0.29) is 0 Å². The zero-order valence-corrected chi connectivity index (χ0v) is 16.3. The van der Waals surface area contributed by atoms with Crippen LogP contribution in [0.1, 0.15) is 31.9 Å². The number of rotatable bonds is 3. The molecule has 0 saturated carbocycles. The van der Waals surface area contributed by atoms with Gasteiger partial charge in [0, 0.05) is 11.4 Å². The molecule has 0 spiro atoms. The van der Waals surface area contributed by atoms with Crippen LogP contribution in [0.15, 0.2) is 42.5 Å². The number of fused-ring (bicyclic) bond motifs is 1. The Balaban J connectivity index is 1.80. The Morgan fingerprint density at radius 2 is 1.89 bits per heavy atom. The van der Waals surface area contributed by atoms with Gasteiger partial charge in [-0.05, 0) is 62.2 Å². The molecule has 0 fully saturated rings. The summed E-state index contributed by atoms with van der Waals surface area (Å²) in [5.41, 5.74) is 1.34. The number of hydrogen-bond donors (Lipinski definition) is 0. The molecule has 1 unspecified atom stereocenters. The summed E-state index contributed by atoms with van der Waals surface area (Å²) in [4.78, 5) is 25.5. The van der Waals surface area contributed by atoms with Crippen molar-refractivity contribution in [3.63, 3.8) is 0 Å². The van der Waals surface area contributed by atoms with E-state index in [9.17, 15) is 9.59 Å². The van der Waals surface area contributed by atoms with Crippen LogP contribution < -0.4 is 4.74 Å². The fourth-order valence-electron chi connectivity index (χ4n) is 2.95. The van der Waals surface area contributed by atoms with Crippen molar-refractivity contribution < 1.29 is 19.1 Å². The molecule has 1 heterocycles. The number of aldehydes is 1. The molecule has 5 nitrogen and oxygen atoms in total. The lowest BCUT2D eigenvalue weighted by Gasteiger charge is -2.35. The zero-order valence-electron chi connectivity index (χ0n) is 15.6. The van der Waals surface area contributed by atoms with Gasteiger partial charge in [-0.3, -0.25) is 4.90 Å². The Bertz CT molecular complexity index is 860. The topological polar surface area (TPSA) is 55.8 Å². The van der Waals surface area contributed by atoms with Crippen LogP contribution in [0.2, 0.25) is 5.02 Å². The van der Waals surface area contributed by atoms with E-state index in [2.05, 4.69) is 0 Å². The largest absolute Gasteiger partial charge is 0.457 e. The average Bonchev–Trinajstić information content (AvgIpc) is 2.59. The fraction of sp³-hybridized carbons (Fsp3) is 0.333. The molecule has 6 heteroatoms. The molecule has 1 aliphatic heterocycles. The molecule has 1 atom stereocenters. The van der Waals surface area contributed by atoms with Gasteiger partial charge in [-0.1, -0.05) is 23.7 Å². The van der Waals surface area contributed by atoms with Crippen molar-refractivity contribution in [1.82, 2.24) is 4.90 Å². The highest BCUT2D eigenvalue weighted by atomic mass is 35.5. The predicted octanol–water partition coefficient (Wildman–Crippen LogP) is 4.99. The van der Waals surface area contributed by atoms with Crippen molar-refractivity contribution in [2.45, 2.75) is 45.4 Å². The van der Waals surface area contributed by atoms with Gasteiger partial charge >= 0.3 is 6.09 Å². The van der Waals surface area contributed by atoms with Gasteiger partial charge in [0.1, 0.15) is 23.4 Å². The van der Waals surface area contributed by atoms with Crippen molar-refractivity contribution in [3.8, 4) is 11.5 Å². The number of nitrogens with zero attached hydrogens (tertiary/aromatic N) is 1. The Morgan fingerprint density at radius 1 is 1.15 bits per heavy atom. The van der Waals surface area contributed by atoms with Crippen LogP contribution in [0.4, 0.5) is 4.79 Å². The summed E-state index contributed by atoms with van der Waals surface area (Å²) >= 11 is 5.99. The number of ether oxygens (including phenoxy) is 2. The van der Waals surface area contributed by atoms with Gasteiger partial charge in [0.15, 0.2) is 0 Å². The maximum Gasteiger partial charge on any atom is 0.411 e. The van der Waals surface area contributed by atoms with E-state index in [1.807, 2.05) is 30.3 Å². The summed E-state index contributed by atoms with van der Waals surface area (Å²) in [5.74, 6) is 1.30. The highest BCUT2D eigenvalue weighted by Crippen LogP contribution is 2.30. The number of benzene rings is 2. The van der Waals surface area contributed by atoms with Crippen LogP contribution in [0.5, 0.6) is 11.5 Å². The van der Waals surface area contributed by atoms with Gasteiger partial charge in [-0.15, -0.1) is 0 Å². The van der Waals surface area contributed by atoms with Crippen LogP contribution >= 0.6 is 11.6 Å². The predicted molar refractivity (Wildman–Crippen MR) is 103 cm³/mol. The lowest BCUT2D eigenvalue weighted by Crippen LogP contribution is -2.47. The molecule has 2 aromatic carbocycles. The second-order valence-corrected chi connectivity index (χ2v) is 7.94. The summed E-state index contributed by atoms with van der Waals surface area (Å²) in [5, 5.41) is 0.597. The molecule has 3 rings (SSSR count). The molecule has 27 heavy (non-hydrogen) atoms. The first-order chi connectivity index (χ1) is 12.7. The van der Waals surface area contributed by atoms with Crippen LogP contribution in [-0.4, -0.2) is 28.9 Å². The first-order valence-corrected chi connectivity index (χ1v) is 9.13.